The number of rotatable bonds is 5. The molecule has 6 aromatic rings. The van der Waals surface area contributed by atoms with Gasteiger partial charge in [0.25, 0.3) is 0 Å². The Labute approximate surface area is 231 Å². The van der Waals surface area contributed by atoms with Gasteiger partial charge < -0.3 is 5.73 Å². The van der Waals surface area contributed by atoms with Crippen LogP contribution < -0.4 is 5.73 Å². The second-order valence-corrected chi connectivity index (χ2v) is 10.2. The van der Waals surface area contributed by atoms with E-state index in [2.05, 4.69) is 135 Å². The summed E-state index contributed by atoms with van der Waals surface area (Å²) in [6.07, 6.45) is 0. The number of nitrogen functional groups attached to an aromatic ring is 1. The normalized spacial score (nSPS) is 10.9. The second-order valence-electron chi connectivity index (χ2n) is 10.2. The fourth-order valence-electron chi connectivity index (χ4n) is 5.56. The Morgan fingerprint density at radius 2 is 0.744 bits per heavy atom. The highest BCUT2D eigenvalue weighted by Gasteiger charge is 2.14. The fourth-order valence-corrected chi connectivity index (χ4v) is 5.56. The molecule has 0 unspecified atom stereocenters. The number of para-hydroxylation sites is 1. The maximum atomic E-state index is 6.32. The molecule has 1 heteroatoms. The highest BCUT2D eigenvalue weighted by molar-refractivity contribution is 5.93. The number of hydrogen-bond donors (Lipinski definition) is 1. The molecule has 0 fully saturated rings. The molecular formula is C38H31N. The number of aryl methyl sites for hydroxylation is 2. The summed E-state index contributed by atoms with van der Waals surface area (Å²) in [4.78, 5) is 0. The van der Waals surface area contributed by atoms with Crippen LogP contribution in [-0.4, -0.2) is 0 Å². The van der Waals surface area contributed by atoms with Crippen molar-refractivity contribution in [1.29, 1.82) is 0 Å². The van der Waals surface area contributed by atoms with Crippen molar-refractivity contribution in [2.45, 2.75) is 13.8 Å². The number of anilines is 1. The zero-order chi connectivity index (χ0) is 26.8. The first kappa shape index (κ1) is 24.5. The lowest BCUT2D eigenvalue weighted by Gasteiger charge is -2.16. The first-order chi connectivity index (χ1) is 19.1. The summed E-state index contributed by atoms with van der Waals surface area (Å²) in [6, 6.07) is 49.8. The molecule has 0 saturated heterocycles. The van der Waals surface area contributed by atoms with Gasteiger partial charge in [-0.2, -0.15) is 0 Å². The van der Waals surface area contributed by atoms with E-state index in [-0.39, 0.29) is 0 Å². The van der Waals surface area contributed by atoms with Crippen molar-refractivity contribution in [3.8, 4) is 55.6 Å². The molecule has 39 heavy (non-hydrogen) atoms. The zero-order valence-corrected chi connectivity index (χ0v) is 22.4. The molecule has 0 aliphatic heterocycles. The lowest BCUT2D eigenvalue weighted by atomic mass is 9.88. The van der Waals surface area contributed by atoms with E-state index in [1.807, 2.05) is 18.2 Å². The Morgan fingerprint density at radius 3 is 1.28 bits per heavy atom. The smallest absolute Gasteiger partial charge is 0.0393 e. The Bertz CT molecular complexity index is 1770. The SMILES string of the molecule is Cc1cc(C)cc(-c2cccc(-c3ccccc3-c3ccccc3-c3cccc(-c4ccccc4N)c3)c2)c1. The third kappa shape index (κ3) is 5.00. The van der Waals surface area contributed by atoms with Crippen molar-refractivity contribution in [2.75, 3.05) is 5.73 Å². The van der Waals surface area contributed by atoms with Crippen LogP contribution in [0.25, 0.3) is 55.6 Å². The van der Waals surface area contributed by atoms with Gasteiger partial charge in [0.2, 0.25) is 0 Å². The highest BCUT2D eigenvalue weighted by Crippen LogP contribution is 2.40. The van der Waals surface area contributed by atoms with Crippen LogP contribution in [0.1, 0.15) is 11.1 Å². The van der Waals surface area contributed by atoms with Crippen molar-refractivity contribution in [2.24, 2.45) is 0 Å². The third-order valence-electron chi connectivity index (χ3n) is 7.32. The van der Waals surface area contributed by atoms with E-state index in [4.69, 9.17) is 5.73 Å². The van der Waals surface area contributed by atoms with Crippen molar-refractivity contribution in [1.82, 2.24) is 0 Å². The Balaban J connectivity index is 1.47. The van der Waals surface area contributed by atoms with Crippen molar-refractivity contribution < 1.29 is 0 Å². The van der Waals surface area contributed by atoms with Gasteiger partial charge in [0.05, 0.1) is 0 Å². The molecule has 0 spiro atoms. The third-order valence-corrected chi connectivity index (χ3v) is 7.32. The van der Waals surface area contributed by atoms with E-state index in [1.54, 1.807) is 0 Å². The molecule has 0 amide bonds. The summed E-state index contributed by atoms with van der Waals surface area (Å²) in [5.41, 5.74) is 21.6. The van der Waals surface area contributed by atoms with Crippen molar-refractivity contribution in [3.63, 3.8) is 0 Å². The second kappa shape index (κ2) is 10.5. The van der Waals surface area contributed by atoms with Gasteiger partial charge in [-0.05, 0) is 82.1 Å². The monoisotopic (exact) mass is 501 g/mol. The molecule has 0 saturated carbocycles. The van der Waals surface area contributed by atoms with Gasteiger partial charge in [0, 0.05) is 11.3 Å². The molecule has 2 N–H and O–H groups in total. The molecule has 0 atom stereocenters. The molecule has 0 bridgehead atoms. The number of hydrogen-bond acceptors (Lipinski definition) is 1. The van der Waals surface area contributed by atoms with Crippen LogP contribution in [0.2, 0.25) is 0 Å². The summed E-state index contributed by atoms with van der Waals surface area (Å²) in [6.45, 7) is 4.32. The van der Waals surface area contributed by atoms with E-state index in [1.165, 1.54) is 55.6 Å². The largest absolute Gasteiger partial charge is 0.398 e. The van der Waals surface area contributed by atoms with Crippen LogP contribution >= 0.6 is 0 Å². The van der Waals surface area contributed by atoms with Crippen LogP contribution in [0, 0.1) is 13.8 Å². The molecule has 0 aromatic heterocycles. The Kier molecular flexibility index (Phi) is 6.57. The summed E-state index contributed by atoms with van der Waals surface area (Å²) >= 11 is 0. The van der Waals surface area contributed by atoms with E-state index < -0.39 is 0 Å². The fraction of sp³-hybridized carbons (Fsp3) is 0.0526. The van der Waals surface area contributed by atoms with Crippen molar-refractivity contribution >= 4 is 5.69 Å². The number of benzene rings is 6. The van der Waals surface area contributed by atoms with Gasteiger partial charge in [-0.15, -0.1) is 0 Å². The minimum atomic E-state index is 0.789. The van der Waals surface area contributed by atoms with E-state index >= 15 is 0 Å². The van der Waals surface area contributed by atoms with Crippen LogP contribution in [0.5, 0.6) is 0 Å². The predicted molar refractivity (Wildman–Crippen MR) is 168 cm³/mol. The molecule has 0 aliphatic carbocycles. The van der Waals surface area contributed by atoms with Crippen LogP contribution in [-0.2, 0) is 0 Å². The summed E-state index contributed by atoms with van der Waals surface area (Å²) in [5.74, 6) is 0. The quantitative estimate of drug-likeness (QED) is 0.234. The van der Waals surface area contributed by atoms with Gasteiger partial charge >= 0.3 is 0 Å². The molecular weight excluding hydrogens is 470 g/mol. The maximum Gasteiger partial charge on any atom is 0.0393 e. The average Bonchev–Trinajstić information content (AvgIpc) is 2.97. The molecule has 0 heterocycles. The summed E-state index contributed by atoms with van der Waals surface area (Å²) in [5, 5.41) is 0. The Hall–Kier alpha value is -4.88. The first-order valence-electron chi connectivity index (χ1n) is 13.4. The average molecular weight is 502 g/mol. The maximum absolute atomic E-state index is 6.32. The van der Waals surface area contributed by atoms with Gasteiger partial charge in [0.15, 0.2) is 0 Å². The molecule has 0 radical (unpaired) electrons. The van der Waals surface area contributed by atoms with Gasteiger partial charge in [-0.25, -0.2) is 0 Å². The zero-order valence-electron chi connectivity index (χ0n) is 22.4. The van der Waals surface area contributed by atoms with Gasteiger partial charge in [-0.1, -0.05) is 132 Å². The topological polar surface area (TPSA) is 26.0 Å². The van der Waals surface area contributed by atoms with Gasteiger partial charge in [-0.3, -0.25) is 0 Å². The molecule has 6 aromatic carbocycles. The minimum Gasteiger partial charge on any atom is -0.398 e. The predicted octanol–water partition coefficient (Wildman–Crippen LogP) is 10.2. The van der Waals surface area contributed by atoms with Crippen molar-refractivity contribution in [3.05, 3.63) is 151 Å². The lowest BCUT2D eigenvalue weighted by Crippen LogP contribution is -1.91. The van der Waals surface area contributed by atoms with Gasteiger partial charge in [0.1, 0.15) is 0 Å². The van der Waals surface area contributed by atoms with E-state index in [0.29, 0.717) is 0 Å². The standard InChI is InChI=1S/C38H31N/c1-26-21-27(2)23-32(22-26)28-11-9-12-29(24-28)33-15-3-5-18-36(33)37-19-6-4-16-34(37)30-13-10-14-31(25-30)35-17-7-8-20-38(35)39/h3-25H,39H2,1-2H3. The van der Waals surface area contributed by atoms with E-state index in [0.717, 1.165) is 16.8 Å². The minimum absolute atomic E-state index is 0.789. The molecule has 6 rings (SSSR count). The highest BCUT2D eigenvalue weighted by atomic mass is 14.6. The molecule has 188 valence electrons. The lowest BCUT2D eigenvalue weighted by molar-refractivity contribution is 1.38. The first-order valence-corrected chi connectivity index (χ1v) is 13.4. The Morgan fingerprint density at radius 1 is 0.333 bits per heavy atom. The summed E-state index contributed by atoms with van der Waals surface area (Å²) in [7, 11) is 0. The molecule has 1 nitrogen and oxygen atoms in total. The number of nitrogens with two attached hydrogens (primary N) is 1. The molecule has 0 aliphatic rings. The van der Waals surface area contributed by atoms with Crippen LogP contribution in [0.15, 0.2) is 140 Å². The van der Waals surface area contributed by atoms with E-state index in [9.17, 15) is 0 Å². The van der Waals surface area contributed by atoms with Crippen LogP contribution in [0.3, 0.4) is 0 Å². The van der Waals surface area contributed by atoms with Crippen LogP contribution in [0.4, 0.5) is 5.69 Å². The summed E-state index contributed by atoms with van der Waals surface area (Å²) < 4.78 is 0.